The Bertz CT molecular complexity index is 529. The van der Waals surface area contributed by atoms with E-state index < -0.39 is 29.4 Å². The lowest BCUT2D eigenvalue weighted by Gasteiger charge is -2.60. The van der Waals surface area contributed by atoms with E-state index in [0.717, 1.165) is 0 Å². The molecule has 6 heteroatoms. The van der Waals surface area contributed by atoms with Crippen LogP contribution in [0, 0.1) is 0 Å². The third-order valence-electron chi connectivity index (χ3n) is 5.55. The second kappa shape index (κ2) is 7.05. The van der Waals surface area contributed by atoms with Crippen LogP contribution in [0.25, 0.3) is 0 Å². The number of carbonyl (C=O) groups excluding carboxylic acids is 1. The molecule has 0 bridgehead atoms. The molecule has 0 aliphatic carbocycles. The summed E-state index contributed by atoms with van der Waals surface area (Å²) in [6.07, 6.45) is 0. The number of rotatable bonds is 6. The maximum absolute atomic E-state index is 13.2. The van der Waals surface area contributed by atoms with Crippen LogP contribution in [0.2, 0.25) is 58.9 Å². The lowest BCUT2D eigenvalue weighted by atomic mass is 10.1. The zero-order valence-electron chi connectivity index (χ0n) is 17.3. The van der Waals surface area contributed by atoms with E-state index >= 15 is 0 Å². The average Bonchev–Trinajstić information content (AvgIpc) is 2.40. The van der Waals surface area contributed by atoms with E-state index in [1.165, 1.54) is 5.56 Å². The fourth-order valence-corrected chi connectivity index (χ4v) is 108. The Kier molecular flexibility index (Phi) is 6.35. The van der Waals surface area contributed by atoms with Gasteiger partial charge in [-0.25, -0.2) is 0 Å². The fourth-order valence-electron chi connectivity index (χ4n) is 6.00. The standard InChI is InChI=1S/C18H36O2Si4/c1-20-18(19)17(16-14-12-11-13-15-16)24(21(2,3)4,22(5,6)7)23(8,9)10/h11-15,17H,1-10H3/t17-/m0/s1. The Hall–Kier alpha value is -0.442. The van der Waals surface area contributed by atoms with E-state index in [-0.39, 0.29) is 11.5 Å². The van der Waals surface area contributed by atoms with E-state index in [2.05, 4.69) is 83.2 Å². The minimum Gasteiger partial charge on any atom is -0.469 e. The van der Waals surface area contributed by atoms with Crippen molar-refractivity contribution in [3.05, 3.63) is 35.9 Å². The van der Waals surface area contributed by atoms with Crippen LogP contribution >= 0.6 is 0 Å². The van der Waals surface area contributed by atoms with Crippen LogP contribution in [0.5, 0.6) is 0 Å². The summed E-state index contributed by atoms with van der Waals surface area (Å²) in [4.78, 5) is 13.2. The summed E-state index contributed by atoms with van der Waals surface area (Å²) >= 11 is 0. The summed E-state index contributed by atoms with van der Waals surface area (Å²) in [6.45, 7) is 20.8. The quantitative estimate of drug-likeness (QED) is 0.489. The van der Waals surface area contributed by atoms with Crippen LogP contribution in [-0.2, 0) is 9.53 Å². The molecule has 136 valence electrons. The van der Waals surface area contributed by atoms with Gasteiger partial charge in [-0.2, -0.15) is 0 Å². The van der Waals surface area contributed by atoms with Crippen LogP contribution < -0.4 is 0 Å². The first kappa shape index (κ1) is 21.6. The number of esters is 1. The molecule has 0 unspecified atom stereocenters. The molecular weight excluding hydrogens is 361 g/mol. The lowest BCUT2D eigenvalue weighted by molar-refractivity contribution is -0.140. The number of carbonyl (C=O) groups is 1. The third kappa shape index (κ3) is 3.56. The molecule has 1 aromatic rings. The predicted octanol–water partition coefficient (Wildman–Crippen LogP) is 5.18. The van der Waals surface area contributed by atoms with Gasteiger partial charge in [0.15, 0.2) is 0 Å². The number of ether oxygens (including phenoxy) is 1. The molecule has 24 heavy (non-hydrogen) atoms. The van der Waals surface area contributed by atoms with Gasteiger partial charge in [-0.05, 0) is 5.56 Å². The van der Waals surface area contributed by atoms with Crippen LogP contribution in [0.1, 0.15) is 11.1 Å². The van der Waals surface area contributed by atoms with Crippen molar-refractivity contribution in [3.63, 3.8) is 0 Å². The largest absolute Gasteiger partial charge is 0.469 e. The molecule has 0 fully saturated rings. The van der Waals surface area contributed by atoms with Gasteiger partial charge in [0, 0.05) is 22.8 Å². The Balaban J connectivity index is 3.94. The maximum atomic E-state index is 13.2. The van der Waals surface area contributed by atoms with Gasteiger partial charge in [0.25, 0.3) is 0 Å². The van der Waals surface area contributed by atoms with Gasteiger partial charge in [-0.15, -0.1) is 0 Å². The van der Waals surface area contributed by atoms with Crippen molar-refractivity contribution >= 4 is 35.4 Å². The monoisotopic (exact) mass is 396 g/mol. The third-order valence-corrected chi connectivity index (χ3v) is 78.5. The summed E-state index contributed by atoms with van der Waals surface area (Å²) in [5.41, 5.74) is 1.19. The molecule has 0 N–H and O–H groups in total. The second-order valence-electron chi connectivity index (χ2n) is 9.92. The number of hydrogen-bond acceptors (Lipinski definition) is 2. The summed E-state index contributed by atoms with van der Waals surface area (Å²) in [7, 11) is -3.15. The highest BCUT2D eigenvalue weighted by Crippen LogP contribution is 2.46. The van der Waals surface area contributed by atoms with Gasteiger partial charge in [0.05, 0.1) is 19.3 Å². The number of hydrogen-bond donors (Lipinski definition) is 0. The molecule has 0 aromatic heterocycles. The van der Waals surface area contributed by atoms with Crippen molar-refractivity contribution < 1.29 is 9.53 Å². The van der Waals surface area contributed by atoms with Crippen molar-refractivity contribution in [1.29, 1.82) is 0 Å². The van der Waals surface area contributed by atoms with Crippen LogP contribution in [0.3, 0.4) is 0 Å². The first-order chi connectivity index (χ1) is 10.7. The normalized spacial score (nSPS) is 15.1. The molecule has 0 saturated heterocycles. The van der Waals surface area contributed by atoms with Gasteiger partial charge >= 0.3 is 5.97 Å². The summed E-state index contributed by atoms with van der Waals surface area (Å²) in [5.74, 6) is 0.0140. The minimum absolute atomic E-state index is 0.00583. The molecule has 0 amide bonds. The number of benzene rings is 1. The molecule has 0 heterocycles. The molecule has 0 aliphatic rings. The lowest BCUT2D eigenvalue weighted by Crippen LogP contribution is -2.86. The van der Waals surface area contributed by atoms with Crippen molar-refractivity contribution in [2.45, 2.75) is 64.5 Å². The fraction of sp³-hybridized carbons (Fsp3) is 0.611. The average molecular weight is 397 g/mol. The van der Waals surface area contributed by atoms with E-state index in [1.54, 1.807) is 7.11 Å². The van der Waals surface area contributed by atoms with E-state index in [9.17, 15) is 4.79 Å². The van der Waals surface area contributed by atoms with Crippen LogP contribution in [0.15, 0.2) is 30.3 Å². The SMILES string of the molecule is COC(=O)[C@H](c1ccccc1)[Si]([Si](C)(C)C)([Si](C)(C)C)[Si](C)(C)C. The zero-order valence-corrected chi connectivity index (χ0v) is 21.3. The Labute approximate surface area is 152 Å². The highest BCUT2D eigenvalue weighted by molar-refractivity contribution is 7.90. The van der Waals surface area contributed by atoms with E-state index in [0.29, 0.717) is 0 Å². The molecule has 1 atom stereocenters. The Morgan fingerprint density at radius 3 is 1.46 bits per heavy atom. The van der Waals surface area contributed by atoms with E-state index in [1.807, 2.05) is 6.07 Å². The maximum Gasteiger partial charge on any atom is 0.309 e. The molecule has 1 aromatic carbocycles. The van der Waals surface area contributed by atoms with Crippen LogP contribution in [0.4, 0.5) is 0 Å². The van der Waals surface area contributed by atoms with Gasteiger partial charge in [0.1, 0.15) is 0 Å². The van der Waals surface area contributed by atoms with Gasteiger partial charge < -0.3 is 4.74 Å². The number of methoxy groups -OCH3 is 1. The van der Waals surface area contributed by atoms with Crippen LogP contribution in [-0.4, -0.2) is 42.5 Å². The highest BCUT2D eigenvalue weighted by Gasteiger charge is 2.67. The highest BCUT2D eigenvalue weighted by atomic mass is 29.9. The molecule has 0 radical (unpaired) electrons. The predicted molar refractivity (Wildman–Crippen MR) is 117 cm³/mol. The van der Waals surface area contributed by atoms with Crippen molar-refractivity contribution in [3.8, 4) is 0 Å². The Morgan fingerprint density at radius 2 is 1.17 bits per heavy atom. The minimum atomic E-state index is -1.91. The molecule has 2 nitrogen and oxygen atoms in total. The zero-order chi connectivity index (χ0) is 19.0. The van der Waals surface area contributed by atoms with E-state index in [4.69, 9.17) is 4.74 Å². The smallest absolute Gasteiger partial charge is 0.309 e. The second-order valence-corrected chi connectivity index (χ2v) is 50.7. The summed E-state index contributed by atoms with van der Waals surface area (Å²) in [5, 5.41) is 0. The van der Waals surface area contributed by atoms with Crippen molar-refractivity contribution in [2.24, 2.45) is 0 Å². The molecule has 1 rings (SSSR count). The molecule has 0 spiro atoms. The van der Waals surface area contributed by atoms with Gasteiger partial charge in [-0.1, -0.05) is 89.3 Å². The molecular formula is C18H36O2Si4. The topological polar surface area (TPSA) is 26.3 Å². The van der Waals surface area contributed by atoms with Crippen molar-refractivity contribution in [1.82, 2.24) is 0 Å². The van der Waals surface area contributed by atoms with Crippen molar-refractivity contribution in [2.75, 3.05) is 7.11 Å². The summed E-state index contributed by atoms with van der Waals surface area (Å²) in [6, 6.07) is 10.5. The molecule has 0 aliphatic heterocycles. The van der Waals surface area contributed by atoms with Gasteiger partial charge in [0.2, 0.25) is 0 Å². The first-order valence-corrected chi connectivity index (χ1v) is 24.4. The summed E-state index contributed by atoms with van der Waals surface area (Å²) < 4.78 is 5.42. The first-order valence-electron chi connectivity index (χ1n) is 8.84. The Morgan fingerprint density at radius 1 is 0.792 bits per heavy atom. The molecule has 0 saturated carbocycles. The van der Waals surface area contributed by atoms with Gasteiger partial charge in [-0.3, -0.25) is 4.79 Å².